The maximum atomic E-state index is 10.2. The number of ether oxygens (including phenoxy) is 1. The predicted octanol–water partition coefficient (Wildman–Crippen LogP) is 1.63. The highest BCUT2D eigenvalue weighted by Crippen LogP contribution is 2.42. The predicted molar refractivity (Wildman–Crippen MR) is 70.5 cm³/mol. The zero-order valence-corrected chi connectivity index (χ0v) is 10.5. The van der Waals surface area contributed by atoms with Gasteiger partial charge in [0.25, 0.3) is 0 Å². The molecule has 0 unspecified atom stereocenters. The molecule has 5 heteroatoms. The smallest absolute Gasteiger partial charge is 0.152 e. The molecule has 4 N–H and O–H groups in total. The third-order valence-electron chi connectivity index (χ3n) is 3.43. The van der Waals surface area contributed by atoms with Crippen LogP contribution in [0.4, 0.5) is 0 Å². The van der Waals surface area contributed by atoms with Crippen molar-refractivity contribution in [1.82, 2.24) is 0 Å². The third kappa shape index (κ3) is 2.07. The Balaban J connectivity index is 2.00. The third-order valence-corrected chi connectivity index (χ3v) is 3.43. The van der Waals surface area contributed by atoms with Crippen LogP contribution in [0.15, 0.2) is 42.5 Å². The SMILES string of the molecule is Oc1ccc([C@H]2Oc3cc(O)ccc3[C@@H](O)[C@@H]2O)cc1. The highest BCUT2D eigenvalue weighted by Gasteiger charge is 2.37. The van der Waals surface area contributed by atoms with Crippen LogP contribution >= 0.6 is 0 Å². The standard InChI is InChI=1S/C15H14O5/c16-9-3-1-8(2-4-9)15-14(19)13(18)11-6-5-10(17)7-12(11)20-15/h1-7,13-19H/t13-,14+,15-/m1/s1. The molecule has 0 aromatic heterocycles. The summed E-state index contributed by atoms with van der Waals surface area (Å²) >= 11 is 0. The Bertz CT molecular complexity index is 623. The number of rotatable bonds is 1. The van der Waals surface area contributed by atoms with Crippen LogP contribution < -0.4 is 4.74 Å². The summed E-state index contributed by atoms with van der Waals surface area (Å²) in [6, 6.07) is 10.5. The first-order valence-electron chi connectivity index (χ1n) is 6.21. The van der Waals surface area contributed by atoms with Crippen LogP contribution in [-0.4, -0.2) is 26.5 Å². The van der Waals surface area contributed by atoms with Gasteiger partial charge in [-0.3, -0.25) is 0 Å². The summed E-state index contributed by atoms with van der Waals surface area (Å²) in [5.41, 5.74) is 1.06. The molecule has 5 nitrogen and oxygen atoms in total. The van der Waals surface area contributed by atoms with E-state index in [0.29, 0.717) is 16.9 Å². The molecule has 0 spiro atoms. The average molecular weight is 274 g/mol. The topological polar surface area (TPSA) is 90.2 Å². The number of fused-ring (bicyclic) bond motifs is 1. The summed E-state index contributed by atoms with van der Waals surface area (Å²) in [5.74, 6) is 0.468. The lowest BCUT2D eigenvalue weighted by Crippen LogP contribution is -2.34. The average Bonchev–Trinajstić information content (AvgIpc) is 2.44. The van der Waals surface area contributed by atoms with Crippen LogP contribution in [0, 0.1) is 0 Å². The van der Waals surface area contributed by atoms with Gasteiger partial charge in [0.15, 0.2) is 6.10 Å². The van der Waals surface area contributed by atoms with Gasteiger partial charge in [-0.05, 0) is 29.8 Å². The van der Waals surface area contributed by atoms with Crippen LogP contribution in [0.2, 0.25) is 0 Å². The Morgan fingerprint density at radius 1 is 0.850 bits per heavy atom. The molecule has 1 aliphatic heterocycles. The molecule has 1 heterocycles. The van der Waals surface area contributed by atoms with Crippen molar-refractivity contribution < 1.29 is 25.2 Å². The van der Waals surface area contributed by atoms with Gasteiger partial charge in [-0.15, -0.1) is 0 Å². The van der Waals surface area contributed by atoms with Crippen LogP contribution in [0.1, 0.15) is 23.3 Å². The highest BCUT2D eigenvalue weighted by atomic mass is 16.5. The molecule has 3 rings (SSSR count). The Kier molecular flexibility index (Phi) is 3.00. The maximum Gasteiger partial charge on any atom is 0.152 e. The van der Waals surface area contributed by atoms with Crippen molar-refractivity contribution in [2.24, 2.45) is 0 Å². The first-order valence-corrected chi connectivity index (χ1v) is 6.21. The molecule has 3 atom stereocenters. The molecule has 20 heavy (non-hydrogen) atoms. The van der Waals surface area contributed by atoms with Crippen LogP contribution in [0.25, 0.3) is 0 Å². The van der Waals surface area contributed by atoms with Crippen molar-refractivity contribution in [1.29, 1.82) is 0 Å². The van der Waals surface area contributed by atoms with E-state index in [1.54, 1.807) is 12.1 Å². The number of hydrogen-bond acceptors (Lipinski definition) is 5. The largest absolute Gasteiger partial charge is 0.508 e. The van der Waals surface area contributed by atoms with Crippen LogP contribution in [0.5, 0.6) is 17.2 Å². The number of aliphatic hydroxyl groups is 2. The van der Waals surface area contributed by atoms with Gasteiger partial charge in [-0.25, -0.2) is 0 Å². The summed E-state index contributed by atoms with van der Waals surface area (Å²) in [7, 11) is 0. The summed E-state index contributed by atoms with van der Waals surface area (Å²) in [6.07, 6.45) is -2.99. The van der Waals surface area contributed by atoms with Crippen molar-refractivity contribution in [3.8, 4) is 17.2 Å². The molecular formula is C15H14O5. The van der Waals surface area contributed by atoms with Gasteiger partial charge in [0, 0.05) is 11.6 Å². The van der Waals surface area contributed by atoms with Crippen molar-refractivity contribution in [3.05, 3.63) is 53.6 Å². The molecule has 0 bridgehead atoms. The molecule has 2 aromatic carbocycles. The lowest BCUT2D eigenvalue weighted by molar-refractivity contribution is -0.0700. The number of hydrogen-bond donors (Lipinski definition) is 4. The normalized spacial score (nSPS) is 24.8. The number of phenols is 2. The number of phenolic OH excluding ortho intramolecular Hbond substituents is 2. The minimum absolute atomic E-state index is 0.0248. The van der Waals surface area contributed by atoms with Crippen molar-refractivity contribution >= 4 is 0 Å². The highest BCUT2D eigenvalue weighted by molar-refractivity contribution is 5.44. The van der Waals surface area contributed by atoms with Gasteiger partial charge < -0.3 is 25.2 Å². The molecule has 0 saturated heterocycles. The Labute approximate surface area is 115 Å². The molecule has 2 aromatic rings. The van der Waals surface area contributed by atoms with E-state index in [9.17, 15) is 20.4 Å². The van der Waals surface area contributed by atoms with E-state index in [0.717, 1.165) is 0 Å². The monoisotopic (exact) mass is 274 g/mol. The lowest BCUT2D eigenvalue weighted by Gasteiger charge is -2.34. The van der Waals surface area contributed by atoms with E-state index in [1.165, 1.54) is 30.3 Å². The molecule has 0 fully saturated rings. The van der Waals surface area contributed by atoms with Crippen LogP contribution in [-0.2, 0) is 0 Å². The second-order valence-corrected chi connectivity index (χ2v) is 4.79. The molecule has 0 amide bonds. The lowest BCUT2D eigenvalue weighted by atomic mass is 9.92. The second-order valence-electron chi connectivity index (χ2n) is 4.79. The van der Waals surface area contributed by atoms with E-state index < -0.39 is 18.3 Å². The summed E-state index contributed by atoms with van der Waals surface area (Å²) < 4.78 is 5.67. The van der Waals surface area contributed by atoms with E-state index in [4.69, 9.17) is 4.74 Å². The Morgan fingerprint density at radius 2 is 1.50 bits per heavy atom. The fourth-order valence-electron chi connectivity index (χ4n) is 2.35. The quantitative estimate of drug-likeness (QED) is 0.634. The molecule has 104 valence electrons. The van der Waals surface area contributed by atoms with E-state index in [1.807, 2.05) is 0 Å². The maximum absolute atomic E-state index is 10.2. The molecule has 0 radical (unpaired) electrons. The number of benzene rings is 2. The minimum Gasteiger partial charge on any atom is -0.508 e. The van der Waals surface area contributed by atoms with Gasteiger partial charge in [0.2, 0.25) is 0 Å². The summed E-state index contributed by atoms with van der Waals surface area (Å²) in [6.45, 7) is 0. The van der Waals surface area contributed by atoms with Crippen molar-refractivity contribution in [3.63, 3.8) is 0 Å². The van der Waals surface area contributed by atoms with Gasteiger partial charge in [0.1, 0.15) is 29.5 Å². The van der Waals surface area contributed by atoms with E-state index in [-0.39, 0.29) is 11.5 Å². The summed E-state index contributed by atoms with van der Waals surface area (Å²) in [4.78, 5) is 0. The van der Waals surface area contributed by atoms with Gasteiger partial charge >= 0.3 is 0 Å². The molecule has 0 saturated carbocycles. The number of aliphatic hydroxyl groups excluding tert-OH is 2. The van der Waals surface area contributed by atoms with Crippen LogP contribution in [0.3, 0.4) is 0 Å². The van der Waals surface area contributed by atoms with E-state index >= 15 is 0 Å². The molecular weight excluding hydrogens is 260 g/mol. The van der Waals surface area contributed by atoms with Crippen molar-refractivity contribution in [2.75, 3.05) is 0 Å². The molecule has 0 aliphatic carbocycles. The minimum atomic E-state index is -1.13. The first kappa shape index (κ1) is 12.8. The fourth-order valence-corrected chi connectivity index (χ4v) is 2.35. The van der Waals surface area contributed by atoms with Gasteiger partial charge in [0.05, 0.1) is 0 Å². The second kappa shape index (κ2) is 4.70. The van der Waals surface area contributed by atoms with Crippen molar-refractivity contribution in [2.45, 2.75) is 18.3 Å². The zero-order chi connectivity index (χ0) is 14.3. The Hall–Kier alpha value is -2.24. The van der Waals surface area contributed by atoms with E-state index in [2.05, 4.69) is 0 Å². The Morgan fingerprint density at radius 3 is 2.20 bits per heavy atom. The van der Waals surface area contributed by atoms with Gasteiger partial charge in [-0.2, -0.15) is 0 Å². The fraction of sp³-hybridized carbons (Fsp3) is 0.200. The number of aromatic hydroxyl groups is 2. The first-order chi connectivity index (χ1) is 9.56. The summed E-state index contributed by atoms with van der Waals surface area (Å²) in [5, 5.41) is 39.1. The zero-order valence-electron chi connectivity index (χ0n) is 10.5. The molecule has 1 aliphatic rings. The van der Waals surface area contributed by atoms with Gasteiger partial charge in [-0.1, -0.05) is 12.1 Å².